The van der Waals surface area contributed by atoms with Gasteiger partial charge in [-0.25, -0.2) is 4.39 Å². The third-order valence-corrected chi connectivity index (χ3v) is 5.30. The first-order valence-corrected chi connectivity index (χ1v) is 10.4. The lowest BCUT2D eigenvalue weighted by Crippen LogP contribution is -2.15. The van der Waals surface area contributed by atoms with E-state index in [1.54, 1.807) is 24.3 Å². The Balaban J connectivity index is 1.59. The van der Waals surface area contributed by atoms with Crippen molar-refractivity contribution in [2.75, 3.05) is 11.1 Å². The summed E-state index contributed by atoms with van der Waals surface area (Å²) in [6.07, 6.45) is 0. The van der Waals surface area contributed by atoms with Crippen LogP contribution in [0.15, 0.2) is 47.6 Å². The molecule has 29 heavy (non-hydrogen) atoms. The van der Waals surface area contributed by atoms with Crippen LogP contribution in [0.25, 0.3) is 0 Å². The molecule has 2 aromatic carbocycles. The molecule has 0 aliphatic rings. The number of hydrogen-bond donors (Lipinski definition) is 1. The normalized spacial score (nSPS) is 10.8. The van der Waals surface area contributed by atoms with Crippen molar-refractivity contribution in [3.05, 3.63) is 64.2 Å². The van der Waals surface area contributed by atoms with Crippen molar-refractivity contribution >= 4 is 46.6 Å². The quantitative estimate of drug-likeness (QED) is 0.482. The molecule has 3 rings (SSSR count). The van der Waals surface area contributed by atoms with Crippen LogP contribution in [0.4, 0.5) is 10.1 Å². The fourth-order valence-electron chi connectivity index (χ4n) is 2.48. The summed E-state index contributed by atoms with van der Waals surface area (Å²) in [6.45, 7) is 2.65. The van der Waals surface area contributed by atoms with Crippen molar-refractivity contribution in [1.29, 1.82) is 0 Å². The minimum Gasteiger partial charge on any atom is -0.484 e. The van der Waals surface area contributed by atoms with Crippen LogP contribution in [-0.4, -0.2) is 26.4 Å². The fourth-order valence-corrected chi connectivity index (χ4v) is 3.71. The minimum absolute atomic E-state index is 0.113. The first-order valence-electron chi connectivity index (χ1n) is 8.64. The zero-order valence-corrected chi connectivity index (χ0v) is 17.7. The molecule has 0 aliphatic heterocycles. The molecule has 0 aliphatic carbocycles. The van der Waals surface area contributed by atoms with E-state index in [1.807, 2.05) is 11.5 Å². The number of aromatic nitrogens is 3. The van der Waals surface area contributed by atoms with E-state index in [1.165, 1.54) is 30.0 Å². The first kappa shape index (κ1) is 21.4. The van der Waals surface area contributed by atoms with Gasteiger partial charge in [-0.3, -0.25) is 4.79 Å². The Bertz CT molecular complexity index is 1020. The number of thioether (sulfide) groups is 1. The summed E-state index contributed by atoms with van der Waals surface area (Å²) < 4.78 is 20.6. The van der Waals surface area contributed by atoms with Crippen molar-refractivity contribution in [3.63, 3.8) is 0 Å². The van der Waals surface area contributed by atoms with Crippen molar-refractivity contribution in [1.82, 2.24) is 14.8 Å². The van der Waals surface area contributed by atoms with Crippen molar-refractivity contribution in [2.24, 2.45) is 0 Å². The highest BCUT2D eigenvalue weighted by Crippen LogP contribution is 2.26. The Kier molecular flexibility index (Phi) is 7.35. The Hall–Kier alpha value is -2.29. The molecule has 3 aromatic rings. The molecule has 10 heteroatoms. The summed E-state index contributed by atoms with van der Waals surface area (Å²) in [5.74, 6) is 0.474. The zero-order valence-electron chi connectivity index (χ0n) is 15.4. The lowest BCUT2D eigenvalue weighted by Gasteiger charge is -2.10. The van der Waals surface area contributed by atoms with Crippen LogP contribution in [0.3, 0.4) is 0 Å². The summed E-state index contributed by atoms with van der Waals surface area (Å²) in [5, 5.41) is 12.4. The van der Waals surface area contributed by atoms with Crippen LogP contribution < -0.4 is 10.1 Å². The average Bonchev–Trinajstić information content (AvgIpc) is 3.07. The van der Waals surface area contributed by atoms with E-state index in [9.17, 15) is 9.18 Å². The van der Waals surface area contributed by atoms with E-state index in [2.05, 4.69) is 15.5 Å². The predicted octanol–water partition coefficient (Wildman–Crippen LogP) is 5.05. The van der Waals surface area contributed by atoms with Crippen LogP contribution in [0.1, 0.15) is 12.7 Å². The molecule has 0 saturated heterocycles. The number of amides is 1. The van der Waals surface area contributed by atoms with Gasteiger partial charge < -0.3 is 14.6 Å². The number of nitrogens with one attached hydrogen (secondary N) is 1. The summed E-state index contributed by atoms with van der Waals surface area (Å²) in [4.78, 5) is 12.2. The van der Waals surface area contributed by atoms with Crippen LogP contribution in [0.5, 0.6) is 5.75 Å². The molecule has 152 valence electrons. The molecule has 0 unspecified atom stereocenters. The van der Waals surface area contributed by atoms with E-state index >= 15 is 0 Å². The SMILES string of the molecule is CCn1c(COc2ccc(F)cc2Cl)nnc1SCC(=O)Nc1cccc(Cl)c1. The third-order valence-electron chi connectivity index (χ3n) is 3.80. The van der Waals surface area contributed by atoms with Gasteiger partial charge in [-0.15, -0.1) is 10.2 Å². The van der Waals surface area contributed by atoms with Gasteiger partial charge in [0, 0.05) is 17.3 Å². The van der Waals surface area contributed by atoms with Crippen LogP contribution >= 0.6 is 35.0 Å². The Morgan fingerprint density at radius 2 is 2.07 bits per heavy atom. The van der Waals surface area contributed by atoms with Gasteiger partial charge >= 0.3 is 0 Å². The standard InChI is InChI=1S/C19H17Cl2FN4O2S/c1-2-26-17(10-28-16-7-6-13(22)9-15(16)21)24-25-19(26)29-11-18(27)23-14-5-3-4-12(20)8-14/h3-9H,2,10-11H2,1H3,(H,23,27). The second-order valence-corrected chi connectivity index (χ2v) is 7.64. The second-order valence-electron chi connectivity index (χ2n) is 5.85. The summed E-state index contributed by atoms with van der Waals surface area (Å²) >= 11 is 13.2. The Morgan fingerprint density at radius 1 is 1.24 bits per heavy atom. The van der Waals surface area contributed by atoms with E-state index < -0.39 is 5.82 Å². The Labute approximate surface area is 181 Å². The van der Waals surface area contributed by atoms with E-state index in [0.717, 1.165) is 0 Å². The molecule has 0 atom stereocenters. The molecular weight excluding hydrogens is 438 g/mol. The molecule has 0 radical (unpaired) electrons. The number of hydrogen-bond acceptors (Lipinski definition) is 5. The highest BCUT2D eigenvalue weighted by Gasteiger charge is 2.14. The molecule has 0 bridgehead atoms. The number of rotatable bonds is 8. The van der Waals surface area contributed by atoms with Gasteiger partial charge in [-0.05, 0) is 43.3 Å². The molecule has 1 amide bonds. The highest BCUT2D eigenvalue weighted by molar-refractivity contribution is 7.99. The lowest BCUT2D eigenvalue weighted by atomic mass is 10.3. The second kappa shape index (κ2) is 9.96. The van der Waals surface area contributed by atoms with Crippen molar-refractivity contribution in [3.8, 4) is 5.75 Å². The van der Waals surface area contributed by atoms with Gasteiger partial charge in [-0.2, -0.15) is 0 Å². The minimum atomic E-state index is -0.436. The van der Waals surface area contributed by atoms with E-state index in [0.29, 0.717) is 34.0 Å². The predicted molar refractivity (Wildman–Crippen MR) is 112 cm³/mol. The number of anilines is 1. The highest BCUT2D eigenvalue weighted by atomic mass is 35.5. The number of carbonyl (C=O) groups is 1. The number of benzene rings is 2. The van der Waals surface area contributed by atoms with Gasteiger partial charge in [0.15, 0.2) is 11.0 Å². The van der Waals surface area contributed by atoms with Gasteiger partial charge in [0.25, 0.3) is 0 Å². The van der Waals surface area contributed by atoms with E-state index in [-0.39, 0.29) is 23.3 Å². The van der Waals surface area contributed by atoms with Gasteiger partial charge in [-0.1, -0.05) is 41.0 Å². The van der Waals surface area contributed by atoms with Crippen LogP contribution in [-0.2, 0) is 17.9 Å². The number of ether oxygens (including phenoxy) is 1. The Morgan fingerprint density at radius 3 is 2.79 bits per heavy atom. The molecule has 0 saturated carbocycles. The van der Waals surface area contributed by atoms with Crippen LogP contribution in [0.2, 0.25) is 10.0 Å². The molecular formula is C19H17Cl2FN4O2S. The summed E-state index contributed by atoms with van der Waals surface area (Å²) in [5.41, 5.74) is 0.630. The number of carbonyl (C=O) groups excluding carboxylic acids is 1. The van der Waals surface area contributed by atoms with E-state index in [4.69, 9.17) is 27.9 Å². The molecule has 0 spiro atoms. The molecule has 1 N–H and O–H groups in total. The smallest absolute Gasteiger partial charge is 0.234 e. The fraction of sp³-hybridized carbons (Fsp3) is 0.211. The van der Waals surface area contributed by atoms with Crippen molar-refractivity contribution in [2.45, 2.75) is 25.2 Å². The molecule has 1 aromatic heterocycles. The van der Waals surface area contributed by atoms with Gasteiger partial charge in [0.1, 0.15) is 18.2 Å². The average molecular weight is 455 g/mol. The topological polar surface area (TPSA) is 69.0 Å². The summed E-state index contributed by atoms with van der Waals surface area (Å²) in [7, 11) is 0. The maximum absolute atomic E-state index is 13.1. The van der Waals surface area contributed by atoms with Crippen LogP contribution in [0, 0.1) is 5.82 Å². The maximum atomic E-state index is 13.1. The van der Waals surface area contributed by atoms with Gasteiger partial charge in [0.05, 0.1) is 10.8 Å². The number of halogens is 3. The lowest BCUT2D eigenvalue weighted by molar-refractivity contribution is -0.113. The van der Waals surface area contributed by atoms with Gasteiger partial charge in [0.2, 0.25) is 5.91 Å². The zero-order chi connectivity index (χ0) is 20.8. The molecule has 0 fully saturated rings. The molecule has 6 nitrogen and oxygen atoms in total. The first-order chi connectivity index (χ1) is 14.0. The third kappa shape index (κ3) is 5.85. The largest absolute Gasteiger partial charge is 0.484 e. The monoisotopic (exact) mass is 454 g/mol. The number of nitrogens with zero attached hydrogens (tertiary/aromatic N) is 3. The summed E-state index contributed by atoms with van der Waals surface area (Å²) in [6, 6.07) is 10.8. The maximum Gasteiger partial charge on any atom is 0.234 e. The molecule has 1 heterocycles. The van der Waals surface area contributed by atoms with Crippen molar-refractivity contribution < 1.29 is 13.9 Å².